The van der Waals surface area contributed by atoms with Gasteiger partial charge in [-0.2, -0.15) is 0 Å². The summed E-state index contributed by atoms with van der Waals surface area (Å²) in [6, 6.07) is 0.00324. The van der Waals surface area contributed by atoms with Crippen molar-refractivity contribution in [2.24, 2.45) is 0 Å². The first-order valence-corrected chi connectivity index (χ1v) is 4.78. The predicted octanol–water partition coefficient (Wildman–Crippen LogP) is 1.71. The second-order valence-corrected chi connectivity index (χ2v) is 3.43. The van der Waals surface area contributed by atoms with Crippen molar-refractivity contribution in [2.75, 3.05) is 11.9 Å². The Morgan fingerprint density at radius 3 is 2.69 bits per heavy atom. The number of anilines is 1. The van der Waals surface area contributed by atoms with Gasteiger partial charge in [0.25, 0.3) is 0 Å². The maximum absolute atomic E-state index is 13.3. The summed E-state index contributed by atoms with van der Waals surface area (Å²) in [4.78, 5) is 11.4. The molecule has 86 valence electrons. The summed E-state index contributed by atoms with van der Waals surface area (Å²) in [7, 11) is 0. The molecule has 0 aromatic heterocycles. The summed E-state index contributed by atoms with van der Waals surface area (Å²) < 4.78 is 39.2. The van der Waals surface area contributed by atoms with E-state index in [1.807, 2.05) is 0 Å². The van der Waals surface area contributed by atoms with Crippen LogP contribution in [0.2, 0.25) is 0 Å². The van der Waals surface area contributed by atoms with E-state index < -0.39 is 29.4 Å². The summed E-state index contributed by atoms with van der Waals surface area (Å²) in [6.07, 6.45) is 0. The zero-order valence-electron chi connectivity index (χ0n) is 8.40. The third kappa shape index (κ3) is 1.46. The predicted molar refractivity (Wildman–Crippen MR) is 51.4 cm³/mol. The molecule has 1 aliphatic heterocycles. The zero-order chi connectivity index (χ0) is 11.9. The van der Waals surface area contributed by atoms with Gasteiger partial charge in [0.15, 0.2) is 17.5 Å². The van der Waals surface area contributed by atoms with E-state index in [4.69, 9.17) is 0 Å². The molecule has 0 saturated heterocycles. The molecule has 6 heteroatoms. The van der Waals surface area contributed by atoms with Gasteiger partial charge in [-0.3, -0.25) is 4.79 Å². The molecule has 0 spiro atoms. The molecule has 1 heterocycles. The average molecular weight is 230 g/mol. The van der Waals surface area contributed by atoms with Crippen LogP contribution in [0.4, 0.5) is 18.9 Å². The highest BCUT2D eigenvalue weighted by Gasteiger charge is 2.34. The van der Waals surface area contributed by atoms with Crippen LogP contribution < -0.4 is 10.6 Å². The largest absolute Gasteiger partial charge is 0.322 e. The Morgan fingerprint density at radius 1 is 1.38 bits per heavy atom. The van der Waals surface area contributed by atoms with Crippen molar-refractivity contribution in [3.05, 3.63) is 29.1 Å². The van der Waals surface area contributed by atoms with Crippen LogP contribution in [0.25, 0.3) is 0 Å². The van der Waals surface area contributed by atoms with E-state index >= 15 is 0 Å². The lowest BCUT2D eigenvalue weighted by Gasteiger charge is -2.09. The molecule has 0 bridgehead atoms. The Bertz CT molecular complexity index is 462. The highest BCUT2D eigenvalue weighted by atomic mass is 19.2. The van der Waals surface area contributed by atoms with Gasteiger partial charge in [-0.15, -0.1) is 0 Å². The number of rotatable bonds is 2. The molecule has 0 fully saturated rings. The topological polar surface area (TPSA) is 41.1 Å². The Morgan fingerprint density at radius 2 is 2.06 bits per heavy atom. The second-order valence-electron chi connectivity index (χ2n) is 3.43. The fraction of sp³-hybridized carbons (Fsp3) is 0.300. The number of hydrogen-bond acceptors (Lipinski definition) is 2. The quantitative estimate of drug-likeness (QED) is 0.759. The summed E-state index contributed by atoms with van der Waals surface area (Å²) in [5, 5.41) is 4.94. The zero-order valence-corrected chi connectivity index (χ0v) is 8.40. The van der Waals surface area contributed by atoms with Crippen molar-refractivity contribution < 1.29 is 18.0 Å². The standard InChI is InChI=1S/C10H9F3N2O/c1-2-14-9-4-3-5(11)6(12)7(13)8(4)15-10(9)16/h3,9,14H,2H2,1H3,(H,15,16). The van der Waals surface area contributed by atoms with Crippen LogP contribution >= 0.6 is 0 Å². The van der Waals surface area contributed by atoms with E-state index in [2.05, 4.69) is 10.6 Å². The number of carbonyl (C=O) groups excluding carboxylic acids is 1. The van der Waals surface area contributed by atoms with E-state index in [1.165, 1.54) is 0 Å². The van der Waals surface area contributed by atoms with Gasteiger partial charge in [-0.25, -0.2) is 13.2 Å². The Hall–Kier alpha value is -1.56. The van der Waals surface area contributed by atoms with Crippen LogP contribution in [0.5, 0.6) is 0 Å². The van der Waals surface area contributed by atoms with Crippen LogP contribution in [0.3, 0.4) is 0 Å². The number of fused-ring (bicyclic) bond motifs is 1. The van der Waals surface area contributed by atoms with Gasteiger partial charge in [-0.05, 0) is 12.6 Å². The van der Waals surface area contributed by atoms with Crippen molar-refractivity contribution >= 4 is 11.6 Å². The van der Waals surface area contributed by atoms with Gasteiger partial charge in [0.1, 0.15) is 6.04 Å². The van der Waals surface area contributed by atoms with Crippen LogP contribution in [0.1, 0.15) is 18.5 Å². The maximum Gasteiger partial charge on any atom is 0.246 e. The first-order valence-electron chi connectivity index (χ1n) is 4.78. The molecule has 1 unspecified atom stereocenters. The normalized spacial score (nSPS) is 18.5. The molecule has 0 aliphatic carbocycles. The highest BCUT2D eigenvalue weighted by molar-refractivity contribution is 6.02. The van der Waals surface area contributed by atoms with Gasteiger partial charge in [0.2, 0.25) is 5.91 Å². The minimum Gasteiger partial charge on any atom is -0.322 e. The van der Waals surface area contributed by atoms with Crippen LogP contribution in [-0.2, 0) is 4.79 Å². The second kappa shape index (κ2) is 3.79. The molecular formula is C10H9F3N2O. The molecular weight excluding hydrogens is 221 g/mol. The number of amides is 1. The van der Waals surface area contributed by atoms with Crippen molar-refractivity contribution in [1.29, 1.82) is 0 Å². The average Bonchev–Trinajstić information content (AvgIpc) is 2.55. The summed E-state index contributed by atoms with van der Waals surface area (Å²) in [5.74, 6) is -4.74. The number of carbonyl (C=O) groups is 1. The van der Waals surface area contributed by atoms with Crippen molar-refractivity contribution in [3.8, 4) is 0 Å². The molecule has 2 N–H and O–H groups in total. The summed E-state index contributed by atoms with van der Waals surface area (Å²) in [6.45, 7) is 2.21. The monoisotopic (exact) mass is 230 g/mol. The fourth-order valence-electron chi connectivity index (χ4n) is 1.71. The van der Waals surface area contributed by atoms with Gasteiger partial charge in [0, 0.05) is 5.56 Å². The first kappa shape index (κ1) is 10.9. The molecule has 2 rings (SSSR count). The molecule has 0 radical (unpaired) electrons. The maximum atomic E-state index is 13.3. The summed E-state index contributed by atoms with van der Waals surface area (Å²) in [5.41, 5.74) is -0.182. The number of likely N-dealkylation sites (N-methyl/N-ethyl adjacent to an activating group) is 1. The van der Waals surface area contributed by atoms with E-state index in [-0.39, 0.29) is 11.3 Å². The van der Waals surface area contributed by atoms with Crippen molar-refractivity contribution in [2.45, 2.75) is 13.0 Å². The third-order valence-corrected chi connectivity index (χ3v) is 2.42. The van der Waals surface area contributed by atoms with Crippen LogP contribution in [0.15, 0.2) is 6.07 Å². The van der Waals surface area contributed by atoms with Gasteiger partial charge in [0.05, 0.1) is 5.69 Å². The molecule has 0 saturated carbocycles. The molecule has 1 aromatic rings. The van der Waals surface area contributed by atoms with E-state index in [0.29, 0.717) is 6.54 Å². The molecule has 3 nitrogen and oxygen atoms in total. The van der Waals surface area contributed by atoms with Gasteiger partial charge in [-0.1, -0.05) is 6.92 Å². The number of nitrogens with one attached hydrogen (secondary N) is 2. The summed E-state index contributed by atoms with van der Waals surface area (Å²) >= 11 is 0. The van der Waals surface area contributed by atoms with Crippen LogP contribution in [0, 0.1) is 17.5 Å². The Balaban J connectivity index is 2.54. The minimum atomic E-state index is -1.57. The molecule has 1 aliphatic rings. The smallest absolute Gasteiger partial charge is 0.246 e. The van der Waals surface area contributed by atoms with Crippen molar-refractivity contribution in [3.63, 3.8) is 0 Å². The number of hydrogen-bond donors (Lipinski definition) is 2. The van der Waals surface area contributed by atoms with E-state index in [9.17, 15) is 18.0 Å². The lowest BCUT2D eigenvalue weighted by atomic mass is 10.1. The molecule has 1 aromatic carbocycles. The number of halogens is 3. The highest BCUT2D eigenvalue weighted by Crippen LogP contribution is 2.35. The molecule has 1 atom stereocenters. The lowest BCUT2D eigenvalue weighted by Crippen LogP contribution is -2.27. The molecule has 16 heavy (non-hydrogen) atoms. The molecule has 1 amide bonds. The van der Waals surface area contributed by atoms with Gasteiger partial charge >= 0.3 is 0 Å². The Labute approximate surface area is 89.6 Å². The fourth-order valence-corrected chi connectivity index (χ4v) is 1.71. The minimum absolute atomic E-state index is 0.100. The number of benzene rings is 1. The van der Waals surface area contributed by atoms with Crippen LogP contribution in [-0.4, -0.2) is 12.5 Å². The van der Waals surface area contributed by atoms with E-state index in [0.717, 1.165) is 6.07 Å². The lowest BCUT2D eigenvalue weighted by molar-refractivity contribution is -0.117. The van der Waals surface area contributed by atoms with Crippen molar-refractivity contribution in [1.82, 2.24) is 5.32 Å². The third-order valence-electron chi connectivity index (χ3n) is 2.42. The van der Waals surface area contributed by atoms with E-state index in [1.54, 1.807) is 6.92 Å². The SMILES string of the molecule is CCNC1C(=O)Nc2c1cc(F)c(F)c2F. The first-order chi connectivity index (χ1) is 7.56. The Kier molecular flexibility index (Phi) is 2.59. The van der Waals surface area contributed by atoms with Gasteiger partial charge < -0.3 is 10.6 Å².